The van der Waals surface area contributed by atoms with Crippen molar-refractivity contribution in [1.82, 2.24) is 4.72 Å². The van der Waals surface area contributed by atoms with Gasteiger partial charge < -0.3 is 5.73 Å². The fourth-order valence-electron chi connectivity index (χ4n) is 0.654. The van der Waals surface area contributed by atoms with Crippen molar-refractivity contribution in [1.29, 1.82) is 0 Å². The Bertz CT molecular complexity index is 195. The number of benzene rings is 1. The summed E-state index contributed by atoms with van der Waals surface area (Å²) in [4.78, 5) is 1.18. The molecule has 0 saturated carbocycles. The van der Waals surface area contributed by atoms with Crippen molar-refractivity contribution >= 4 is 17.6 Å². The average molecular weight is 154 g/mol. The van der Waals surface area contributed by atoms with Gasteiger partial charge in [0.05, 0.1) is 0 Å². The van der Waals surface area contributed by atoms with Gasteiger partial charge in [-0.15, -0.1) is 0 Å². The zero-order valence-corrected chi connectivity index (χ0v) is 6.61. The highest BCUT2D eigenvalue weighted by Gasteiger charge is 1.88. The van der Waals surface area contributed by atoms with Crippen molar-refractivity contribution < 1.29 is 0 Å². The summed E-state index contributed by atoms with van der Waals surface area (Å²) in [6.45, 7) is 0. The third-order valence-electron chi connectivity index (χ3n) is 1.10. The lowest BCUT2D eigenvalue weighted by Crippen LogP contribution is -1.90. The lowest BCUT2D eigenvalue weighted by Gasteiger charge is -1.97. The van der Waals surface area contributed by atoms with E-state index in [0.717, 1.165) is 5.69 Å². The van der Waals surface area contributed by atoms with Crippen LogP contribution in [0.5, 0.6) is 0 Å². The molecule has 0 bridgehead atoms. The maximum absolute atomic E-state index is 5.49. The van der Waals surface area contributed by atoms with Crippen molar-refractivity contribution in [3.05, 3.63) is 24.3 Å². The number of nitrogen functional groups attached to an aromatic ring is 1. The largest absolute Gasteiger partial charge is 0.399 e. The summed E-state index contributed by atoms with van der Waals surface area (Å²) < 4.78 is 2.98. The Hall–Kier alpha value is -0.670. The minimum absolute atomic E-state index is 0.806. The normalized spacial score (nSPS) is 9.70. The highest BCUT2D eigenvalue weighted by molar-refractivity contribution is 7.97. The van der Waals surface area contributed by atoms with E-state index in [0.29, 0.717) is 0 Å². The number of hydrogen-bond acceptors (Lipinski definition) is 3. The fourth-order valence-corrected chi connectivity index (χ4v) is 1.16. The summed E-state index contributed by atoms with van der Waals surface area (Å²) >= 11 is 1.58. The van der Waals surface area contributed by atoms with Gasteiger partial charge in [0.2, 0.25) is 0 Å². The molecule has 54 valence electrons. The minimum atomic E-state index is 0.806. The molecular formula is C7H10N2S. The molecule has 1 aromatic carbocycles. The average Bonchev–Trinajstić information content (AvgIpc) is 1.95. The van der Waals surface area contributed by atoms with Gasteiger partial charge in [0.15, 0.2) is 0 Å². The van der Waals surface area contributed by atoms with Gasteiger partial charge in [-0.3, -0.25) is 4.72 Å². The van der Waals surface area contributed by atoms with Crippen molar-refractivity contribution in [3.63, 3.8) is 0 Å². The second-order valence-electron chi connectivity index (χ2n) is 1.88. The predicted molar refractivity (Wildman–Crippen MR) is 45.8 cm³/mol. The maximum Gasteiger partial charge on any atom is 0.0314 e. The number of nitrogens with one attached hydrogen (secondary N) is 1. The third kappa shape index (κ3) is 1.93. The molecule has 0 saturated heterocycles. The number of hydrogen-bond donors (Lipinski definition) is 2. The first kappa shape index (κ1) is 7.44. The van der Waals surface area contributed by atoms with Crippen LogP contribution in [-0.2, 0) is 0 Å². The van der Waals surface area contributed by atoms with Gasteiger partial charge >= 0.3 is 0 Å². The number of nitrogens with two attached hydrogens (primary N) is 1. The van der Waals surface area contributed by atoms with Crippen LogP contribution in [0.15, 0.2) is 29.2 Å². The van der Waals surface area contributed by atoms with Crippen molar-refractivity contribution in [2.45, 2.75) is 4.90 Å². The van der Waals surface area contributed by atoms with Gasteiger partial charge in [-0.05, 0) is 43.3 Å². The molecule has 3 heteroatoms. The van der Waals surface area contributed by atoms with Gasteiger partial charge in [-0.25, -0.2) is 0 Å². The van der Waals surface area contributed by atoms with E-state index >= 15 is 0 Å². The fraction of sp³-hybridized carbons (Fsp3) is 0.143. The van der Waals surface area contributed by atoms with E-state index in [-0.39, 0.29) is 0 Å². The van der Waals surface area contributed by atoms with Crippen LogP contribution >= 0.6 is 11.9 Å². The predicted octanol–water partition coefficient (Wildman–Crippen LogP) is 1.50. The molecule has 0 spiro atoms. The van der Waals surface area contributed by atoms with Gasteiger partial charge in [0.1, 0.15) is 0 Å². The highest BCUT2D eigenvalue weighted by atomic mass is 32.2. The van der Waals surface area contributed by atoms with Gasteiger partial charge in [-0.1, -0.05) is 0 Å². The summed E-state index contributed by atoms with van der Waals surface area (Å²) in [7, 11) is 1.89. The Morgan fingerprint density at radius 1 is 1.30 bits per heavy atom. The van der Waals surface area contributed by atoms with E-state index < -0.39 is 0 Å². The van der Waals surface area contributed by atoms with Crippen LogP contribution < -0.4 is 10.5 Å². The van der Waals surface area contributed by atoms with Crippen molar-refractivity contribution in [2.75, 3.05) is 12.8 Å². The van der Waals surface area contributed by atoms with Crippen LogP contribution in [0.1, 0.15) is 0 Å². The zero-order valence-electron chi connectivity index (χ0n) is 5.79. The molecule has 2 nitrogen and oxygen atoms in total. The van der Waals surface area contributed by atoms with Crippen LogP contribution in [-0.4, -0.2) is 7.05 Å². The molecule has 0 aliphatic carbocycles. The molecule has 0 fully saturated rings. The molecule has 0 aliphatic heterocycles. The Labute approximate surface area is 64.9 Å². The van der Waals surface area contributed by atoms with Gasteiger partial charge in [0.25, 0.3) is 0 Å². The molecule has 0 amide bonds. The molecule has 1 aromatic rings. The maximum atomic E-state index is 5.49. The standard InChI is InChI=1S/C7H10N2S/c1-9-10-7-4-2-6(8)3-5-7/h2-5,9H,8H2,1H3. The summed E-state index contributed by atoms with van der Waals surface area (Å²) in [5, 5.41) is 0. The topological polar surface area (TPSA) is 38.0 Å². The summed E-state index contributed by atoms with van der Waals surface area (Å²) in [6.07, 6.45) is 0. The van der Waals surface area contributed by atoms with Crippen molar-refractivity contribution in [3.8, 4) is 0 Å². The Morgan fingerprint density at radius 3 is 2.40 bits per heavy atom. The first-order chi connectivity index (χ1) is 4.83. The van der Waals surface area contributed by atoms with E-state index in [1.165, 1.54) is 4.90 Å². The van der Waals surface area contributed by atoms with Gasteiger partial charge in [-0.2, -0.15) is 0 Å². The van der Waals surface area contributed by atoms with Crippen LogP contribution in [0.2, 0.25) is 0 Å². The molecule has 0 radical (unpaired) electrons. The highest BCUT2D eigenvalue weighted by Crippen LogP contribution is 2.14. The monoisotopic (exact) mass is 154 g/mol. The van der Waals surface area contributed by atoms with E-state index in [4.69, 9.17) is 5.73 Å². The number of anilines is 1. The molecular weight excluding hydrogens is 144 g/mol. The second kappa shape index (κ2) is 3.49. The Morgan fingerprint density at radius 2 is 1.90 bits per heavy atom. The molecule has 3 N–H and O–H groups in total. The summed E-state index contributed by atoms with van der Waals surface area (Å²) in [6, 6.07) is 7.74. The zero-order chi connectivity index (χ0) is 7.40. The summed E-state index contributed by atoms with van der Waals surface area (Å²) in [5.74, 6) is 0. The second-order valence-corrected chi connectivity index (χ2v) is 2.96. The van der Waals surface area contributed by atoms with E-state index in [2.05, 4.69) is 4.72 Å². The molecule has 0 aromatic heterocycles. The minimum Gasteiger partial charge on any atom is -0.399 e. The first-order valence-electron chi connectivity index (χ1n) is 3.02. The van der Waals surface area contributed by atoms with Crippen molar-refractivity contribution in [2.24, 2.45) is 0 Å². The Balaban J connectivity index is 2.69. The van der Waals surface area contributed by atoms with E-state index in [1.807, 2.05) is 31.3 Å². The molecule has 0 atom stereocenters. The molecule has 10 heavy (non-hydrogen) atoms. The van der Waals surface area contributed by atoms with Crippen LogP contribution in [0.3, 0.4) is 0 Å². The molecule has 0 heterocycles. The van der Waals surface area contributed by atoms with E-state index in [1.54, 1.807) is 11.9 Å². The first-order valence-corrected chi connectivity index (χ1v) is 3.83. The molecule has 0 unspecified atom stereocenters. The third-order valence-corrected chi connectivity index (χ3v) is 1.81. The quantitative estimate of drug-likeness (QED) is 0.500. The number of rotatable bonds is 2. The molecule has 1 rings (SSSR count). The van der Waals surface area contributed by atoms with Crippen LogP contribution in [0, 0.1) is 0 Å². The van der Waals surface area contributed by atoms with Gasteiger partial charge in [0, 0.05) is 10.6 Å². The van der Waals surface area contributed by atoms with Crippen LogP contribution in [0.25, 0.3) is 0 Å². The molecule has 0 aliphatic rings. The smallest absolute Gasteiger partial charge is 0.0314 e. The van der Waals surface area contributed by atoms with E-state index in [9.17, 15) is 0 Å². The lowest BCUT2D eigenvalue weighted by atomic mass is 10.3. The Kier molecular flexibility index (Phi) is 2.59. The summed E-state index contributed by atoms with van der Waals surface area (Å²) in [5.41, 5.74) is 6.30. The lowest BCUT2D eigenvalue weighted by molar-refractivity contribution is 1.28. The van der Waals surface area contributed by atoms with Crippen LogP contribution in [0.4, 0.5) is 5.69 Å². The SMILES string of the molecule is CNSc1ccc(N)cc1.